The summed E-state index contributed by atoms with van der Waals surface area (Å²) in [6.45, 7) is 4.54. The van der Waals surface area contributed by atoms with Gasteiger partial charge in [0.25, 0.3) is 0 Å². The van der Waals surface area contributed by atoms with E-state index in [2.05, 4.69) is 10.4 Å². The Morgan fingerprint density at radius 3 is 2.50 bits per heavy atom. The number of nitrogens with two attached hydrogens (primary N) is 3. The summed E-state index contributed by atoms with van der Waals surface area (Å²) in [7, 11) is 0. The third-order valence-corrected chi connectivity index (χ3v) is 2.90. The molecule has 0 atom stereocenters. The van der Waals surface area contributed by atoms with Crippen LogP contribution in [0.5, 0.6) is 0 Å². The van der Waals surface area contributed by atoms with Gasteiger partial charge in [-0.05, 0) is 32.0 Å². The first-order valence-corrected chi connectivity index (χ1v) is 6.20. The van der Waals surface area contributed by atoms with Crippen molar-refractivity contribution in [3.8, 4) is 0 Å². The highest BCUT2D eigenvalue weighted by molar-refractivity contribution is 5.85. The van der Waals surface area contributed by atoms with Gasteiger partial charge in [-0.3, -0.25) is 0 Å². The third kappa shape index (κ3) is 3.27. The maximum absolute atomic E-state index is 5.96. The molecule has 0 aliphatic carbocycles. The molecule has 0 fully saturated rings. The number of halogens is 1. The van der Waals surface area contributed by atoms with E-state index >= 15 is 0 Å². The fourth-order valence-electron chi connectivity index (χ4n) is 1.87. The first kappa shape index (κ1) is 16.0. The van der Waals surface area contributed by atoms with E-state index in [1.54, 1.807) is 4.68 Å². The van der Waals surface area contributed by atoms with Crippen LogP contribution < -0.4 is 22.5 Å². The molecular formula is C13H21ClN6. The minimum atomic E-state index is 0. The highest BCUT2D eigenvalue weighted by Gasteiger charge is 2.14. The molecule has 0 amide bonds. The number of anilines is 4. The summed E-state index contributed by atoms with van der Waals surface area (Å²) in [5, 5.41) is 7.65. The van der Waals surface area contributed by atoms with Gasteiger partial charge < -0.3 is 22.5 Å². The average Bonchev–Trinajstić information content (AvgIpc) is 2.64. The zero-order valence-electron chi connectivity index (χ0n) is 11.6. The summed E-state index contributed by atoms with van der Waals surface area (Å²) in [5.41, 5.74) is 20.5. The molecule has 6 nitrogen and oxygen atoms in total. The van der Waals surface area contributed by atoms with Crippen LogP contribution in [0.25, 0.3) is 0 Å². The van der Waals surface area contributed by atoms with E-state index in [-0.39, 0.29) is 18.4 Å². The Hall–Kier alpha value is -2.08. The van der Waals surface area contributed by atoms with Crippen molar-refractivity contribution in [2.24, 2.45) is 0 Å². The number of benzene rings is 1. The monoisotopic (exact) mass is 296 g/mol. The van der Waals surface area contributed by atoms with Crippen molar-refractivity contribution in [2.45, 2.75) is 26.4 Å². The van der Waals surface area contributed by atoms with Crippen molar-refractivity contribution in [3.05, 3.63) is 30.0 Å². The Balaban J connectivity index is 0.00000200. The Kier molecular flexibility index (Phi) is 5.10. The SMILES string of the molecule is CC(C)n1nc(CNc2cccc(N)c2)c(N)c1N.Cl. The molecule has 110 valence electrons. The quantitative estimate of drug-likeness (QED) is 0.647. The molecule has 0 aliphatic rings. The maximum atomic E-state index is 5.96. The van der Waals surface area contributed by atoms with Gasteiger partial charge in [-0.1, -0.05) is 6.07 Å². The lowest BCUT2D eigenvalue weighted by Crippen LogP contribution is -2.08. The van der Waals surface area contributed by atoms with E-state index < -0.39 is 0 Å². The van der Waals surface area contributed by atoms with Crippen molar-refractivity contribution in [2.75, 3.05) is 22.5 Å². The zero-order valence-corrected chi connectivity index (χ0v) is 12.4. The van der Waals surface area contributed by atoms with E-state index in [9.17, 15) is 0 Å². The van der Waals surface area contributed by atoms with Crippen molar-refractivity contribution in [1.29, 1.82) is 0 Å². The molecule has 0 saturated heterocycles. The van der Waals surface area contributed by atoms with E-state index in [1.807, 2.05) is 38.1 Å². The fourth-order valence-corrected chi connectivity index (χ4v) is 1.87. The van der Waals surface area contributed by atoms with Crippen LogP contribution in [-0.2, 0) is 6.54 Å². The van der Waals surface area contributed by atoms with Gasteiger partial charge in [0.05, 0.1) is 12.2 Å². The number of hydrogen-bond donors (Lipinski definition) is 4. The van der Waals surface area contributed by atoms with Crippen LogP contribution in [0.1, 0.15) is 25.6 Å². The summed E-state index contributed by atoms with van der Waals surface area (Å²) >= 11 is 0. The normalized spacial score (nSPS) is 10.3. The lowest BCUT2D eigenvalue weighted by atomic mass is 10.2. The molecule has 1 heterocycles. The van der Waals surface area contributed by atoms with E-state index in [0.717, 1.165) is 11.4 Å². The molecule has 2 rings (SSSR count). The molecule has 0 bridgehead atoms. The summed E-state index contributed by atoms with van der Waals surface area (Å²) in [6.07, 6.45) is 0. The molecule has 1 aromatic heterocycles. The molecule has 7 heteroatoms. The number of rotatable bonds is 4. The van der Waals surface area contributed by atoms with Crippen molar-refractivity contribution < 1.29 is 0 Å². The Labute approximate surface area is 124 Å². The summed E-state index contributed by atoms with van der Waals surface area (Å²) in [4.78, 5) is 0. The van der Waals surface area contributed by atoms with Gasteiger partial charge in [-0.25, -0.2) is 4.68 Å². The zero-order chi connectivity index (χ0) is 14.0. The number of aromatic nitrogens is 2. The highest BCUT2D eigenvalue weighted by atomic mass is 35.5. The molecule has 0 saturated carbocycles. The molecule has 2 aromatic rings. The van der Waals surface area contributed by atoms with Crippen molar-refractivity contribution >= 4 is 35.3 Å². The van der Waals surface area contributed by atoms with Crippen LogP contribution in [-0.4, -0.2) is 9.78 Å². The number of nitrogens with one attached hydrogen (secondary N) is 1. The van der Waals surface area contributed by atoms with Crippen LogP contribution in [0.2, 0.25) is 0 Å². The van der Waals surface area contributed by atoms with Crippen LogP contribution in [0, 0.1) is 0 Å². The van der Waals surface area contributed by atoms with E-state index in [4.69, 9.17) is 17.2 Å². The van der Waals surface area contributed by atoms with Gasteiger partial charge in [0.15, 0.2) is 0 Å². The standard InChI is InChI=1S/C13H20N6.ClH/c1-8(2)19-13(16)12(15)11(18-19)7-17-10-5-3-4-9(14)6-10;/h3-6,8,17H,7,14-16H2,1-2H3;1H. The molecule has 0 spiro atoms. The van der Waals surface area contributed by atoms with Gasteiger partial charge in [0, 0.05) is 17.4 Å². The third-order valence-electron chi connectivity index (χ3n) is 2.90. The van der Waals surface area contributed by atoms with Crippen molar-refractivity contribution in [1.82, 2.24) is 9.78 Å². The molecule has 0 radical (unpaired) electrons. The second kappa shape index (κ2) is 6.38. The molecule has 20 heavy (non-hydrogen) atoms. The number of nitrogens with zero attached hydrogens (tertiary/aromatic N) is 2. The van der Waals surface area contributed by atoms with Crippen molar-refractivity contribution in [3.63, 3.8) is 0 Å². The first-order chi connectivity index (χ1) is 8.99. The molecule has 0 aliphatic heterocycles. The van der Waals surface area contributed by atoms with Gasteiger partial charge >= 0.3 is 0 Å². The molecule has 0 unspecified atom stereocenters. The van der Waals surface area contributed by atoms with Gasteiger partial charge in [0.1, 0.15) is 11.5 Å². The summed E-state index contributed by atoms with van der Waals surface area (Å²) in [6, 6.07) is 7.71. The highest BCUT2D eigenvalue weighted by Crippen LogP contribution is 2.24. The van der Waals surface area contributed by atoms with Crippen LogP contribution in [0.15, 0.2) is 24.3 Å². The lowest BCUT2D eigenvalue weighted by molar-refractivity contribution is 0.535. The largest absolute Gasteiger partial charge is 0.399 e. The predicted molar refractivity (Wildman–Crippen MR) is 86.9 cm³/mol. The van der Waals surface area contributed by atoms with Gasteiger partial charge in [-0.15, -0.1) is 12.4 Å². The number of nitrogen functional groups attached to an aromatic ring is 3. The fraction of sp³-hybridized carbons (Fsp3) is 0.308. The summed E-state index contributed by atoms with van der Waals surface area (Å²) in [5.74, 6) is 0.513. The minimum absolute atomic E-state index is 0. The second-order valence-corrected chi connectivity index (χ2v) is 4.76. The second-order valence-electron chi connectivity index (χ2n) is 4.76. The summed E-state index contributed by atoms with van der Waals surface area (Å²) < 4.78 is 1.73. The number of hydrogen-bond acceptors (Lipinski definition) is 5. The van der Waals surface area contributed by atoms with Crippen LogP contribution in [0.3, 0.4) is 0 Å². The Morgan fingerprint density at radius 2 is 1.95 bits per heavy atom. The molecule has 7 N–H and O–H groups in total. The smallest absolute Gasteiger partial charge is 0.145 e. The van der Waals surface area contributed by atoms with Crippen LogP contribution in [0.4, 0.5) is 22.9 Å². The minimum Gasteiger partial charge on any atom is -0.399 e. The Morgan fingerprint density at radius 1 is 1.25 bits per heavy atom. The van der Waals surface area contributed by atoms with Crippen LogP contribution >= 0.6 is 12.4 Å². The molecule has 1 aromatic carbocycles. The average molecular weight is 297 g/mol. The maximum Gasteiger partial charge on any atom is 0.145 e. The first-order valence-electron chi connectivity index (χ1n) is 6.20. The van der Waals surface area contributed by atoms with Gasteiger partial charge in [0.2, 0.25) is 0 Å². The van der Waals surface area contributed by atoms with E-state index in [1.165, 1.54) is 0 Å². The van der Waals surface area contributed by atoms with Gasteiger partial charge in [-0.2, -0.15) is 5.10 Å². The van der Waals surface area contributed by atoms with E-state index in [0.29, 0.717) is 23.7 Å². The topological polar surface area (TPSA) is 108 Å². The molecular weight excluding hydrogens is 276 g/mol. The lowest BCUT2D eigenvalue weighted by Gasteiger charge is -2.07. The Bertz CT molecular complexity index is 578. The predicted octanol–water partition coefficient (Wildman–Crippen LogP) is 2.24.